The van der Waals surface area contributed by atoms with E-state index in [2.05, 4.69) is 23.7 Å². The zero-order chi connectivity index (χ0) is 13.7. The number of aliphatic hydroxyl groups is 1. The monoisotopic (exact) mass is 277 g/mol. The lowest BCUT2D eigenvalue weighted by atomic mass is 10.1. The van der Waals surface area contributed by atoms with Gasteiger partial charge in [-0.2, -0.15) is 0 Å². The Morgan fingerprint density at radius 2 is 2.00 bits per heavy atom. The van der Waals surface area contributed by atoms with Crippen molar-refractivity contribution in [3.63, 3.8) is 0 Å². The zero-order valence-electron chi connectivity index (χ0n) is 11.2. The van der Waals surface area contributed by atoms with Gasteiger partial charge in [0.25, 0.3) is 0 Å². The summed E-state index contributed by atoms with van der Waals surface area (Å²) in [5, 5.41) is 15.5. The molecule has 4 heteroatoms. The summed E-state index contributed by atoms with van der Waals surface area (Å²) >= 11 is 1.72. The number of ether oxygens (including phenoxy) is 1. The van der Waals surface area contributed by atoms with E-state index in [1.165, 1.54) is 4.88 Å². The summed E-state index contributed by atoms with van der Waals surface area (Å²) in [5.41, 5.74) is 0.895. The van der Waals surface area contributed by atoms with Gasteiger partial charge in [0.05, 0.1) is 13.2 Å². The smallest absolute Gasteiger partial charge is 0.118 e. The van der Waals surface area contributed by atoms with E-state index in [0.29, 0.717) is 6.54 Å². The molecule has 1 unspecified atom stereocenters. The molecule has 1 aromatic heterocycles. The Morgan fingerprint density at radius 1 is 1.26 bits per heavy atom. The van der Waals surface area contributed by atoms with Gasteiger partial charge >= 0.3 is 0 Å². The first-order valence-corrected chi connectivity index (χ1v) is 7.17. The topological polar surface area (TPSA) is 41.5 Å². The van der Waals surface area contributed by atoms with E-state index in [0.717, 1.165) is 11.3 Å². The second-order valence-corrected chi connectivity index (χ2v) is 5.41. The van der Waals surface area contributed by atoms with Crippen molar-refractivity contribution in [2.75, 3.05) is 13.7 Å². The summed E-state index contributed by atoms with van der Waals surface area (Å²) in [4.78, 5) is 1.28. The number of hydrogen-bond donors (Lipinski definition) is 2. The summed E-state index contributed by atoms with van der Waals surface area (Å²) in [6.07, 6.45) is -0.506. The van der Waals surface area contributed by atoms with Gasteiger partial charge < -0.3 is 15.2 Å². The average molecular weight is 277 g/mol. The molecule has 0 amide bonds. The Labute approximate surface area is 117 Å². The maximum Gasteiger partial charge on any atom is 0.118 e. The van der Waals surface area contributed by atoms with E-state index in [9.17, 15) is 5.11 Å². The molecule has 0 aliphatic heterocycles. The van der Waals surface area contributed by atoms with Crippen LogP contribution in [-0.2, 0) is 0 Å². The van der Waals surface area contributed by atoms with Crippen LogP contribution in [0.4, 0.5) is 0 Å². The molecule has 2 rings (SSSR count). The fourth-order valence-electron chi connectivity index (χ4n) is 1.87. The number of benzene rings is 1. The first-order chi connectivity index (χ1) is 9.20. The van der Waals surface area contributed by atoms with Gasteiger partial charge in [0.2, 0.25) is 0 Å². The van der Waals surface area contributed by atoms with Crippen LogP contribution < -0.4 is 10.1 Å². The van der Waals surface area contributed by atoms with Gasteiger partial charge in [-0.05, 0) is 36.1 Å². The molecule has 19 heavy (non-hydrogen) atoms. The summed E-state index contributed by atoms with van der Waals surface area (Å²) in [5.74, 6) is 0.802. The average Bonchev–Trinajstić information content (AvgIpc) is 2.98. The summed E-state index contributed by atoms with van der Waals surface area (Å²) in [7, 11) is 1.63. The number of thiophene rings is 1. The molecule has 0 bridgehead atoms. The highest BCUT2D eigenvalue weighted by Crippen LogP contribution is 2.20. The van der Waals surface area contributed by atoms with Gasteiger partial charge in [-0.1, -0.05) is 18.2 Å². The van der Waals surface area contributed by atoms with Crippen molar-refractivity contribution in [1.29, 1.82) is 0 Å². The van der Waals surface area contributed by atoms with E-state index < -0.39 is 6.10 Å². The molecule has 2 N–H and O–H groups in total. The number of nitrogens with one attached hydrogen (secondary N) is 1. The summed E-state index contributed by atoms with van der Waals surface area (Å²) in [6.45, 7) is 2.64. The van der Waals surface area contributed by atoms with Crippen molar-refractivity contribution in [2.45, 2.75) is 19.1 Å². The normalized spacial score (nSPS) is 14.1. The molecular weight excluding hydrogens is 258 g/mol. The maximum absolute atomic E-state index is 10.1. The lowest BCUT2D eigenvalue weighted by Crippen LogP contribution is -2.24. The van der Waals surface area contributed by atoms with Crippen LogP contribution in [0.25, 0.3) is 0 Å². The van der Waals surface area contributed by atoms with Gasteiger partial charge in [0, 0.05) is 17.5 Å². The summed E-state index contributed by atoms with van der Waals surface area (Å²) in [6, 6.07) is 11.9. The van der Waals surface area contributed by atoms with Gasteiger partial charge in [-0.3, -0.25) is 0 Å². The van der Waals surface area contributed by atoms with Gasteiger partial charge in [0.1, 0.15) is 5.75 Å². The Balaban J connectivity index is 1.88. The van der Waals surface area contributed by atoms with Crippen LogP contribution in [0, 0.1) is 0 Å². The van der Waals surface area contributed by atoms with Crippen molar-refractivity contribution in [3.8, 4) is 5.75 Å². The number of rotatable bonds is 6. The van der Waals surface area contributed by atoms with Crippen molar-refractivity contribution in [2.24, 2.45) is 0 Å². The van der Waals surface area contributed by atoms with E-state index in [4.69, 9.17) is 4.74 Å². The van der Waals surface area contributed by atoms with Gasteiger partial charge in [0.15, 0.2) is 0 Å². The van der Waals surface area contributed by atoms with E-state index in [1.54, 1.807) is 18.4 Å². The fraction of sp³-hybridized carbons (Fsp3) is 0.333. The Kier molecular flexibility index (Phi) is 4.96. The Hall–Kier alpha value is -1.36. The molecule has 0 saturated heterocycles. The fourth-order valence-corrected chi connectivity index (χ4v) is 2.63. The molecule has 3 nitrogen and oxygen atoms in total. The third-order valence-corrected chi connectivity index (χ3v) is 4.14. The largest absolute Gasteiger partial charge is 0.497 e. The predicted molar refractivity (Wildman–Crippen MR) is 78.7 cm³/mol. The molecule has 1 heterocycles. The quantitative estimate of drug-likeness (QED) is 0.852. The highest BCUT2D eigenvalue weighted by Gasteiger charge is 2.11. The molecule has 0 aliphatic rings. The molecule has 102 valence electrons. The van der Waals surface area contributed by atoms with Crippen LogP contribution in [0.5, 0.6) is 5.75 Å². The minimum Gasteiger partial charge on any atom is -0.497 e. The first-order valence-electron chi connectivity index (χ1n) is 6.29. The van der Waals surface area contributed by atoms with Crippen molar-refractivity contribution in [3.05, 3.63) is 52.2 Å². The number of methoxy groups -OCH3 is 1. The highest BCUT2D eigenvalue weighted by molar-refractivity contribution is 7.10. The molecule has 2 aromatic rings. The third-order valence-electron chi connectivity index (χ3n) is 3.09. The molecule has 0 fully saturated rings. The number of aliphatic hydroxyl groups excluding tert-OH is 1. The van der Waals surface area contributed by atoms with Crippen LogP contribution in [0.1, 0.15) is 29.5 Å². The van der Waals surface area contributed by atoms with Gasteiger partial charge in [-0.15, -0.1) is 11.3 Å². The standard InChI is InChI=1S/C15H19NO2S/c1-11(15-4-3-9-19-15)16-10-14(17)12-5-7-13(18-2)8-6-12/h3-9,11,14,16-17H,10H2,1-2H3/t11-,14?/m1/s1. The molecule has 0 aliphatic carbocycles. The molecular formula is C15H19NO2S. The van der Waals surface area contributed by atoms with E-state index >= 15 is 0 Å². The number of hydrogen-bond acceptors (Lipinski definition) is 4. The van der Waals surface area contributed by atoms with Crippen LogP contribution in [-0.4, -0.2) is 18.8 Å². The molecule has 0 spiro atoms. The highest BCUT2D eigenvalue weighted by atomic mass is 32.1. The summed E-state index contributed by atoms with van der Waals surface area (Å²) < 4.78 is 5.10. The molecule has 2 atom stereocenters. The predicted octanol–water partition coefficient (Wildman–Crippen LogP) is 3.14. The van der Waals surface area contributed by atoms with Crippen molar-refractivity contribution < 1.29 is 9.84 Å². The SMILES string of the molecule is COc1ccc(C(O)CN[C@H](C)c2cccs2)cc1. The van der Waals surface area contributed by atoms with E-state index in [-0.39, 0.29) is 6.04 Å². The van der Waals surface area contributed by atoms with Gasteiger partial charge in [-0.25, -0.2) is 0 Å². The zero-order valence-corrected chi connectivity index (χ0v) is 12.0. The van der Waals surface area contributed by atoms with Crippen molar-refractivity contribution >= 4 is 11.3 Å². The van der Waals surface area contributed by atoms with Crippen molar-refractivity contribution in [1.82, 2.24) is 5.32 Å². The second-order valence-electron chi connectivity index (χ2n) is 4.43. The van der Waals surface area contributed by atoms with Crippen LogP contribution in [0.15, 0.2) is 41.8 Å². The van der Waals surface area contributed by atoms with Crippen LogP contribution >= 0.6 is 11.3 Å². The third kappa shape index (κ3) is 3.80. The lowest BCUT2D eigenvalue weighted by Gasteiger charge is -2.16. The Morgan fingerprint density at radius 3 is 2.58 bits per heavy atom. The lowest BCUT2D eigenvalue weighted by molar-refractivity contribution is 0.171. The van der Waals surface area contributed by atoms with Crippen LogP contribution in [0.3, 0.4) is 0 Å². The Bertz CT molecular complexity index is 481. The first kappa shape index (κ1) is 14.1. The van der Waals surface area contributed by atoms with Crippen LogP contribution in [0.2, 0.25) is 0 Å². The minimum atomic E-state index is -0.506. The molecule has 1 aromatic carbocycles. The molecule has 0 saturated carbocycles. The minimum absolute atomic E-state index is 0.257. The molecule has 0 radical (unpaired) electrons. The van der Waals surface area contributed by atoms with E-state index in [1.807, 2.05) is 30.3 Å². The maximum atomic E-state index is 10.1. The second kappa shape index (κ2) is 6.70.